The minimum atomic E-state index is 0.375. The SMILES string of the molecule is Cc1cccc(OCCn2c(COc3ccc(Cl)cc3)nc3ccccc32)c1C. The molecule has 0 amide bonds. The van der Waals surface area contributed by atoms with Crippen LogP contribution in [-0.2, 0) is 13.2 Å². The van der Waals surface area contributed by atoms with Gasteiger partial charge >= 0.3 is 0 Å². The van der Waals surface area contributed by atoms with Crippen molar-refractivity contribution in [1.29, 1.82) is 0 Å². The van der Waals surface area contributed by atoms with Gasteiger partial charge in [0.05, 0.1) is 17.6 Å². The van der Waals surface area contributed by atoms with Crippen LogP contribution in [0.25, 0.3) is 11.0 Å². The number of fused-ring (bicyclic) bond motifs is 1. The molecule has 0 spiro atoms. The van der Waals surface area contributed by atoms with E-state index in [9.17, 15) is 0 Å². The van der Waals surface area contributed by atoms with Gasteiger partial charge in [-0.25, -0.2) is 4.98 Å². The maximum atomic E-state index is 6.07. The Morgan fingerprint density at radius 1 is 0.897 bits per heavy atom. The predicted octanol–water partition coefficient (Wildman–Crippen LogP) is 5.96. The first-order chi connectivity index (χ1) is 14.1. The minimum Gasteiger partial charge on any atom is -0.491 e. The molecule has 0 unspecified atom stereocenters. The molecule has 0 saturated heterocycles. The molecule has 0 aliphatic carbocycles. The molecule has 0 saturated carbocycles. The van der Waals surface area contributed by atoms with Crippen LogP contribution in [0.4, 0.5) is 0 Å². The van der Waals surface area contributed by atoms with Crippen molar-refractivity contribution in [2.45, 2.75) is 27.0 Å². The fraction of sp³-hybridized carbons (Fsp3) is 0.208. The Balaban J connectivity index is 1.51. The standard InChI is InChI=1S/C24H23ClN2O2/c1-17-6-5-9-23(18(17)2)28-15-14-27-22-8-4-3-7-21(22)26-24(27)16-29-20-12-10-19(25)11-13-20/h3-13H,14-16H2,1-2H3. The minimum absolute atomic E-state index is 0.375. The summed E-state index contributed by atoms with van der Waals surface area (Å²) in [5.41, 5.74) is 4.43. The molecule has 4 rings (SSSR count). The zero-order chi connectivity index (χ0) is 20.2. The van der Waals surface area contributed by atoms with Crippen molar-refractivity contribution in [3.05, 3.63) is 88.7 Å². The molecule has 0 aliphatic rings. The number of hydrogen-bond acceptors (Lipinski definition) is 3. The smallest absolute Gasteiger partial charge is 0.148 e. The molecule has 3 aromatic carbocycles. The van der Waals surface area contributed by atoms with Gasteiger partial charge in [-0.05, 0) is 67.4 Å². The first kappa shape index (κ1) is 19.3. The molecule has 0 radical (unpaired) electrons. The summed E-state index contributed by atoms with van der Waals surface area (Å²) in [6.45, 7) is 5.80. The molecule has 0 atom stereocenters. The summed E-state index contributed by atoms with van der Waals surface area (Å²) < 4.78 is 14.2. The van der Waals surface area contributed by atoms with Crippen molar-refractivity contribution in [2.24, 2.45) is 0 Å². The van der Waals surface area contributed by atoms with Gasteiger partial charge in [-0.2, -0.15) is 0 Å². The summed E-state index contributed by atoms with van der Waals surface area (Å²) >= 11 is 5.95. The number of hydrogen-bond donors (Lipinski definition) is 0. The van der Waals surface area contributed by atoms with E-state index in [0.29, 0.717) is 24.8 Å². The van der Waals surface area contributed by atoms with E-state index in [2.05, 4.69) is 30.5 Å². The molecular weight excluding hydrogens is 384 g/mol. The third-order valence-corrected chi connectivity index (χ3v) is 5.29. The molecule has 0 aliphatic heterocycles. The molecule has 0 N–H and O–H groups in total. The number of nitrogens with zero attached hydrogens (tertiary/aromatic N) is 2. The van der Waals surface area contributed by atoms with Crippen LogP contribution in [0.2, 0.25) is 5.02 Å². The number of halogens is 1. The summed E-state index contributed by atoms with van der Waals surface area (Å²) in [4.78, 5) is 4.76. The lowest BCUT2D eigenvalue weighted by molar-refractivity contribution is 0.271. The summed E-state index contributed by atoms with van der Waals surface area (Å²) in [5, 5.41) is 0.688. The van der Waals surface area contributed by atoms with Gasteiger partial charge in [0.2, 0.25) is 0 Å². The van der Waals surface area contributed by atoms with Gasteiger partial charge in [0, 0.05) is 5.02 Å². The van der Waals surface area contributed by atoms with Crippen molar-refractivity contribution in [2.75, 3.05) is 6.61 Å². The van der Waals surface area contributed by atoms with Crippen molar-refractivity contribution in [3.8, 4) is 11.5 Å². The van der Waals surface area contributed by atoms with Crippen LogP contribution in [0.1, 0.15) is 17.0 Å². The molecule has 148 valence electrons. The summed E-state index contributed by atoms with van der Waals surface area (Å²) in [6, 6.07) is 21.6. The van der Waals surface area contributed by atoms with E-state index in [1.165, 1.54) is 11.1 Å². The third-order valence-electron chi connectivity index (χ3n) is 5.04. The first-order valence-corrected chi connectivity index (χ1v) is 10.0. The number of aryl methyl sites for hydroxylation is 1. The average molecular weight is 407 g/mol. The molecule has 0 bridgehead atoms. The van der Waals surface area contributed by atoms with E-state index in [-0.39, 0.29) is 0 Å². The van der Waals surface area contributed by atoms with Crippen LogP contribution in [0.15, 0.2) is 66.7 Å². The normalized spacial score (nSPS) is 11.0. The highest BCUT2D eigenvalue weighted by Gasteiger charge is 2.12. The van der Waals surface area contributed by atoms with Gasteiger partial charge in [0.25, 0.3) is 0 Å². The number of imidazole rings is 1. The van der Waals surface area contributed by atoms with Crippen molar-refractivity contribution in [1.82, 2.24) is 9.55 Å². The Morgan fingerprint density at radius 3 is 2.52 bits per heavy atom. The van der Waals surface area contributed by atoms with Gasteiger partial charge in [-0.3, -0.25) is 0 Å². The predicted molar refractivity (Wildman–Crippen MR) is 117 cm³/mol. The lowest BCUT2D eigenvalue weighted by Gasteiger charge is -2.13. The first-order valence-electron chi connectivity index (χ1n) is 9.63. The highest BCUT2D eigenvalue weighted by Crippen LogP contribution is 2.22. The Bertz CT molecular complexity index is 1120. The summed E-state index contributed by atoms with van der Waals surface area (Å²) in [7, 11) is 0. The molecular formula is C24H23ClN2O2. The van der Waals surface area contributed by atoms with Gasteiger partial charge in [0.1, 0.15) is 30.5 Å². The van der Waals surface area contributed by atoms with Crippen LogP contribution in [0, 0.1) is 13.8 Å². The Labute approximate surface area is 175 Å². The number of ether oxygens (including phenoxy) is 2. The maximum absolute atomic E-state index is 6.07. The highest BCUT2D eigenvalue weighted by molar-refractivity contribution is 6.30. The van der Waals surface area contributed by atoms with E-state index in [1.807, 2.05) is 54.6 Å². The summed E-state index contributed by atoms with van der Waals surface area (Å²) in [5.74, 6) is 2.55. The molecule has 29 heavy (non-hydrogen) atoms. The topological polar surface area (TPSA) is 36.3 Å². The second-order valence-electron chi connectivity index (χ2n) is 6.96. The van der Waals surface area contributed by atoms with Gasteiger partial charge < -0.3 is 14.0 Å². The van der Waals surface area contributed by atoms with E-state index < -0.39 is 0 Å². The Hall–Kier alpha value is -2.98. The number of aromatic nitrogens is 2. The molecule has 0 fully saturated rings. The second-order valence-corrected chi connectivity index (χ2v) is 7.39. The summed E-state index contributed by atoms with van der Waals surface area (Å²) in [6.07, 6.45) is 0. The van der Waals surface area contributed by atoms with Gasteiger partial charge in [-0.15, -0.1) is 0 Å². The van der Waals surface area contributed by atoms with Crippen molar-refractivity contribution >= 4 is 22.6 Å². The van der Waals surface area contributed by atoms with E-state index in [0.717, 1.165) is 28.4 Å². The van der Waals surface area contributed by atoms with Crippen molar-refractivity contribution in [3.63, 3.8) is 0 Å². The fourth-order valence-electron chi connectivity index (χ4n) is 3.29. The van der Waals surface area contributed by atoms with Gasteiger partial charge in [-0.1, -0.05) is 35.9 Å². The Kier molecular flexibility index (Phi) is 5.72. The molecule has 4 nitrogen and oxygen atoms in total. The lowest BCUT2D eigenvalue weighted by Crippen LogP contribution is -2.13. The monoisotopic (exact) mass is 406 g/mol. The maximum Gasteiger partial charge on any atom is 0.148 e. The second kappa shape index (κ2) is 8.58. The van der Waals surface area contributed by atoms with E-state index in [1.54, 1.807) is 0 Å². The third kappa shape index (κ3) is 4.38. The largest absolute Gasteiger partial charge is 0.491 e. The van der Waals surface area contributed by atoms with Crippen LogP contribution < -0.4 is 9.47 Å². The quantitative estimate of drug-likeness (QED) is 0.379. The highest BCUT2D eigenvalue weighted by atomic mass is 35.5. The zero-order valence-corrected chi connectivity index (χ0v) is 17.3. The Morgan fingerprint density at radius 2 is 1.69 bits per heavy atom. The van der Waals surface area contributed by atoms with Crippen LogP contribution in [-0.4, -0.2) is 16.2 Å². The van der Waals surface area contributed by atoms with Crippen LogP contribution in [0.5, 0.6) is 11.5 Å². The fourth-order valence-corrected chi connectivity index (χ4v) is 3.42. The number of para-hydroxylation sites is 2. The van der Waals surface area contributed by atoms with Gasteiger partial charge in [0.15, 0.2) is 0 Å². The number of benzene rings is 3. The molecule has 1 aromatic heterocycles. The van der Waals surface area contributed by atoms with Crippen molar-refractivity contribution < 1.29 is 9.47 Å². The average Bonchev–Trinajstić information content (AvgIpc) is 3.08. The lowest BCUT2D eigenvalue weighted by atomic mass is 10.1. The van der Waals surface area contributed by atoms with E-state index >= 15 is 0 Å². The number of rotatable bonds is 7. The van der Waals surface area contributed by atoms with E-state index in [4.69, 9.17) is 26.1 Å². The molecule has 5 heteroatoms. The molecule has 4 aromatic rings. The van der Waals surface area contributed by atoms with Crippen LogP contribution in [0.3, 0.4) is 0 Å². The molecule has 1 heterocycles. The van der Waals surface area contributed by atoms with Crippen LogP contribution >= 0.6 is 11.6 Å². The zero-order valence-electron chi connectivity index (χ0n) is 16.6.